The molecule has 0 aliphatic carbocycles. The fourth-order valence-electron chi connectivity index (χ4n) is 3.43. The van der Waals surface area contributed by atoms with Crippen LogP contribution in [0.4, 0.5) is 13.1 Å². The molecule has 0 aliphatic rings. The molecule has 0 aliphatic heterocycles. The van der Waals surface area contributed by atoms with Crippen molar-refractivity contribution in [2.24, 2.45) is 21.7 Å². The summed E-state index contributed by atoms with van der Waals surface area (Å²) < 4.78 is 91.1. The molecule has 21 heteroatoms. The molecule has 0 heterocycles. The third kappa shape index (κ3) is 85.4. The lowest BCUT2D eigenvalue weighted by Gasteiger charge is -2.33. The Hall–Kier alpha value is 0.280. The zero-order chi connectivity index (χ0) is 52.5. The molecule has 0 fully saturated rings. The SMILES string of the molecule is C.CC(OP(C)(=O)F)C(C)(C)C.CC(OP(C)(=O)F)C(C)(C)C.CC(OP(C)(=O)O)C(C)(C)C.CCCCC.CCCCC.CCCCC.CCCN(C)P(C)(=O)OC(C)C(C)(C)C.F.O.O.[F-].[OH-]. The monoisotopic (exact) mass is 1100 g/mol. The van der Waals surface area contributed by atoms with Gasteiger partial charge in [0, 0.05) is 33.2 Å². The largest absolute Gasteiger partial charge is 1.00 e. The Morgan fingerprint density at radius 2 is 0.667 bits per heavy atom. The van der Waals surface area contributed by atoms with Gasteiger partial charge >= 0.3 is 23.0 Å². The van der Waals surface area contributed by atoms with Gasteiger partial charge in [-0.2, -0.15) is 8.39 Å². The lowest BCUT2D eigenvalue weighted by molar-refractivity contribution is -0.0000385. The Kier molecular flexibility index (Phi) is 74.5. The van der Waals surface area contributed by atoms with E-state index in [0.29, 0.717) is 0 Å². The number of halogens is 4. The Morgan fingerprint density at radius 1 is 0.478 bits per heavy atom. The summed E-state index contributed by atoms with van der Waals surface area (Å²) in [5.74, 6) is 0. The van der Waals surface area contributed by atoms with Crippen molar-refractivity contribution in [2.45, 2.75) is 255 Å². The lowest BCUT2D eigenvalue weighted by atomic mass is 9.91. The quantitative estimate of drug-likeness (QED) is 0.107. The summed E-state index contributed by atoms with van der Waals surface area (Å²) in [5.41, 5.74) is -0.400. The molecule has 0 saturated heterocycles. The molecule has 6 N–H and O–H groups in total. The van der Waals surface area contributed by atoms with Gasteiger partial charge in [-0.1, -0.05) is 197 Å². The molecule has 8 unspecified atom stereocenters. The van der Waals surface area contributed by atoms with E-state index in [1.807, 2.05) is 81.0 Å². The summed E-state index contributed by atoms with van der Waals surface area (Å²) in [6.45, 7) is 51.9. The Bertz CT molecular complexity index is 1130. The van der Waals surface area contributed by atoms with Crippen molar-refractivity contribution in [3.8, 4) is 0 Å². The van der Waals surface area contributed by atoms with Crippen LogP contribution in [0.25, 0.3) is 0 Å². The second-order valence-corrected chi connectivity index (χ2v) is 28.7. The fourth-order valence-corrected chi connectivity index (χ4v) is 7.72. The van der Waals surface area contributed by atoms with E-state index in [2.05, 4.69) is 69.2 Å². The van der Waals surface area contributed by atoms with Crippen molar-refractivity contribution in [3.63, 3.8) is 0 Å². The van der Waals surface area contributed by atoms with Gasteiger partial charge in [0.15, 0.2) is 0 Å². The predicted molar refractivity (Wildman–Crippen MR) is 295 cm³/mol. The van der Waals surface area contributed by atoms with Crippen molar-refractivity contribution in [3.05, 3.63) is 0 Å². The van der Waals surface area contributed by atoms with Crippen molar-refractivity contribution < 1.29 is 75.5 Å². The summed E-state index contributed by atoms with van der Waals surface area (Å²) >= 11 is 0. The third-order valence-electron chi connectivity index (χ3n) is 9.57. The average molecular weight is 1100 g/mol. The normalized spacial score (nSPS) is 15.9. The fraction of sp³-hybridized carbons (Fsp3) is 1.00. The Morgan fingerprint density at radius 3 is 0.768 bits per heavy atom. The highest BCUT2D eigenvalue weighted by Gasteiger charge is 2.31. The summed E-state index contributed by atoms with van der Waals surface area (Å²) in [6.07, 6.45) is 12.3. The minimum Gasteiger partial charge on any atom is -1.00 e. The van der Waals surface area contributed by atoms with Crippen LogP contribution in [0.1, 0.15) is 231 Å². The first-order valence-corrected chi connectivity index (χ1v) is 31.6. The minimum absolute atomic E-state index is 0. The first kappa shape index (κ1) is 102. The Labute approximate surface area is 426 Å². The van der Waals surface area contributed by atoms with Gasteiger partial charge in [-0.05, 0) is 62.8 Å². The van der Waals surface area contributed by atoms with Gasteiger partial charge in [-0.25, -0.2) is 4.67 Å². The molecule has 0 aromatic carbocycles. The predicted octanol–water partition coefficient (Wildman–Crippen LogP) is 14.9. The average Bonchev–Trinajstić information content (AvgIpc) is 3.04. The third-order valence-corrected chi connectivity index (χ3v) is 13.8. The standard InChI is InChI=1S/C11H26NO2P.2C7H16FO2P.C7H17O3P.3C5H12.CH4.2FH.3H2O/c1-8-9-12(6)15(7,13)14-10(2)11(3,4)5;3*1-6(7(2,3)4)10-11(5,8)9;3*1-3-5-4-2;;;;;;/h10H,8-9H2,1-7H3;2*6H,1-5H3;6H,1-5H3,(H,8,9);3*3-5H2,1-2H3;1H4;2*1H;3*1H2/p-2. The molecule has 8 atom stereocenters. The number of rotatable bonds is 17. The van der Waals surface area contributed by atoms with Crippen molar-refractivity contribution >= 4 is 30.5 Å². The molecule has 0 bridgehead atoms. The molecule has 0 radical (unpaired) electrons. The van der Waals surface area contributed by atoms with Crippen LogP contribution in [-0.2, 0) is 36.4 Å². The van der Waals surface area contributed by atoms with Crippen molar-refractivity contribution in [1.29, 1.82) is 0 Å². The van der Waals surface area contributed by atoms with Crippen LogP contribution in [0, 0.1) is 21.7 Å². The number of hydrogen-bond acceptors (Lipinski definition) is 9. The van der Waals surface area contributed by atoms with E-state index in [1.165, 1.54) is 64.5 Å². The topological polar surface area (TPSA) is 222 Å². The molecule has 0 rings (SSSR count). The minimum atomic E-state index is -3.82. The molecule has 13 nitrogen and oxygen atoms in total. The second-order valence-electron chi connectivity index (χ2n) is 21.0. The van der Waals surface area contributed by atoms with Gasteiger partial charge in [0.05, 0.1) is 24.4 Å². The highest BCUT2D eigenvalue weighted by atomic mass is 31.2. The molecule has 440 valence electrons. The maximum atomic E-state index is 12.5. The number of nitrogens with zero attached hydrogens (tertiary/aromatic N) is 1. The smallest absolute Gasteiger partial charge is 0.364 e. The highest BCUT2D eigenvalue weighted by molar-refractivity contribution is 7.55. The zero-order valence-electron chi connectivity index (χ0n) is 49.0. The molecular weight excluding hydrogens is 982 g/mol. The maximum Gasteiger partial charge on any atom is 0.364 e. The lowest BCUT2D eigenvalue weighted by Crippen LogP contribution is -3.00. The van der Waals surface area contributed by atoms with Crippen LogP contribution in [-0.4, -0.2) is 90.7 Å². The molecule has 0 aromatic heterocycles. The summed E-state index contributed by atoms with van der Waals surface area (Å²) in [5, 5.41) is 0. The zero-order valence-corrected chi connectivity index (χ0v) is 52.6. The maximum absolute atomic E-state index is 12.5. The van der Waals surface area contributed by atoms with E-state index in [9.17, 15) is 26.7 Å². The molecule has 69 heavy (non-hydrogen) atoms. The van der Waals surface area contributed by atoms with E-state index in [1.54, 1.807) is 27.4 Å². The Balaban J connectivity index is -0.0000000491. The van der Waals surface area contributed by atoms with E-state index in [-0.39, 0.29) is 79.3 Å². The summed E-state index contributed by atoms with van der Waals surface area (Å²) in [4.78, 5) is 8.88. The van der Waals surface area contributed by atoms with Crippen LogP contribution in [0.3, 0.4) is 0 Å². The summed E-state index contributed by atoms with van der Waals surface area (Å²) in [7, 11) is -11.7. The van der Waals surface area contributed by atoms with E-state index < -0.39 is 30.5 Å². The molecule has 0 amide bonds. The first-order valence-electron chi connectivity index (χ1n) is 23.6. The van der Waals surface area contributed by atoms with E-state index >= 15 is 0 Å². The highest BCUT2D eigenvalue weighted by Crippen LogP contribution is 2.50. The van der Waals surface area contributed by atoms with Crippen LogP contribution < -0.4 is 4.70 Å². The molecule has 0 aromatic rings. The first-order chi connectivity index (χ1) is 27.7. The van der Waals surface area contributed by atoms with Gasteiger partial charge in [0.1, 0.15) is 0 Å². The van der Waals surface area contributed by atoms with Crippen molar-refractivity contribution in [2.75, 3.05) is 40.3 Å². The van der Waals surface area contributed by atoms with Gasteiger partial charge in [-0.15, -0.1) is 0 Å². The summed E-state index contributed by atoms with van der Waals surface area (Å²) in [6, 6.07) is 0. The van der Waals surface area contributed by atoms with Crippen LogP contribution in [0.2, 0.25) is 0 Å². The van der Waals surface area contributed by atoms with Gasteiger partial charge < -0.3 is 44.1 Å². The van der Waals surface area contributed by atoms with Crippen LogP contribution in [0.5, 0.6) is 0 Å². The number of hydrogen-bond donors (Lipinski definition) is 1. The van der Waals surface area contributed by atoms with Crippen molar-refractivity contribution in [1.82, 2.24) is 4.67 Å². The molecule has 0 saturated carbocycles. The van der Waals surface area contributed by atoms with Gasteiger partial charge in [0.25, 0.3) is 7.52 Å². The van der Waals surface area contributed by atoms with E-state index in [0.717, 1.165) is 26.3 Å². The van der Waals surface area contributed by atoms with Gasteiger partial charge in [0.2, 0.25) is 0 Å². The second kappa shape index (κ2) is 50.4. The van der Waals surface area contributed by atoms with E-state index in [4.69, 9.17) is 23.0 Å². The molecular formula is C48H121F4NO12P4-2. The van der Waals surface area contributed by atoms with Crippen LogP contribution in [0.15, 0.2) is 0 Å². The number of unbranched alkanes of at least 4 members (excludes halogenated alkanes) is 6. The molecule has 0 spiro atoms. The van der Waals surface area contributed by atoms with Crippen LogP contribution >= 0.6 is 30.5 Å². The van der Waals surface area contributed by atoms with Gasteiger partial charge in [-0.3, -0.25) is 23.0 Å².